The molecule has 0 spiro atoms. The van der Waals surface area contributed by atoms with E-state index in [1.165, 1.54) is 29.5 Å². The number of ether oxygens (including phenoxy) is 1. The van der Waals surface area contributed by atoms with Crippen molar-refractivity contribution in [2.75, 3.05) is 0 Å². The second kappa shape index (κ2) is 5.42. The molecular formula is C12H8BrFO2S. The van der Waals surface area contributed by atoms with Crippen LogP contribution in [0.1, 0.15) is 15.2 Å². The van der Waals surface area contributed by atoms with Crippen LogP contribution in [-0.2, 0) is 6.61 Å². The molecule has 0 aliphatic carbocycles. The van der Waals surface area contributed by atoms with E-state index in [1.54, 1.807) is 0 Å². The highest BCUT2D eigenvalue weighted by molar-refractivity contribution is 9.11. The minimum atomic E-state index is -0.523. The average Bonchev–Trinajstić information content (AvgIpc) is 2.73. The molecule has 1 aromatic heterocycles. The van der Waals surface area contributed by atoms with Gasteiger partial charge in [0, 0.05) is 4.88 Å². The van der Waals surface area contributed by atoms with Crippen molar-refractivity contribution >= 4 is 33.6 Å². The molecule has 0 atom stereocenters. The van der Waals surface area contributed by atoms with Gasteiger partial charge in [0.25, 0.3) is 0 Å². The molecule has 2 nitrogen and oxygen atoms in total. The van der Waals surface area contributed by atoms with E-state index in [2.05, 4.69) is 15.9 Å². The molecule has 0 saturated carbocycles. The molecule has 0 N–H and O–H groups in total. The van der Waals surface area contributed by atoms with Crippen molar-refractivity contribution in [1.29, 1.82) is 0 Å². The summed E-state index contributed by atoms with van der Waals surface area (Å²) in [6.07, 6.45) is 0.586. The maximum absolute atomic E-state index is 13.5. The summed E-state index contributed by atoms with van der Waals surface area (Å²) in [5.74, 6) is -0.516. The predicted molar refractivity (Wildman–Crippen MR) is 68.1 cm³/mol. The Morgan fingerprint density at radius 2 is 2.18 bits per heavy atom. The Bertz CT molecular complexity index is 539. The lowest BCUT2D eigenvalue weighted by molar-refractivity contribution is 0.111. The third-order valence-corrected chi connectivity index (χ3v) is 3.71. The number of halogens is 2. The fourth-order valence-corrected chi connectivity index (χ4v) is 2.74. The van der Waals surface area contributed by atoms with Gasteiger partial charge in [-0.1, -0.05) is 6.07 Å². The van der Waals surface area contributed by atoms with Gasteiger partial charge in [-0.15, -0.1) is 11.3 Å². The Balaban J connectivity index is 2.16. The molecule has 1 aromatic carbocycles. The van der Waals surface area contributed by atoms with E-state index in [-0.39, 0.29) is 17.9 Å². The van der Waals surface area contributed by atoms with Gasteiger partial charge >= 0.3 is 0 Å². The molecule has 17 heavy (non-hydrogen) atoms. The lowest BCUT2D eigenvalue weighted by Gasteiger charge is -2.07. The standard InChI is InChI=1S/C12H8BrFO2S/c13-11-5-4-9(17-11)7-16-12-8(6-15)2-1-3-10(12)14/h1-6H,7H2. The zero-order valence-corrected chi connectivity index (χ0v) is 11.1. The number of para-hydroxylation sites is 1. The Labute approximate surface area is 110 Å². The van der Waals surface area contributed by atoms with Crippen molar-refractivity contribution in [2.24, 2.45) is 0 Å². The fraction of sp³-hybridized carbons (Fsp3) is 0.0833. The summed E-state index contributed by atoms with van der Waals surface area (Å²) in [5, 5.41) is 0. The van der Waals surface area contributed by atoms with Crippen LogP contribution in [0.5, 0.6) is 5.75 Å². The van der Waals surface area contributed by atoms with Crippen LogP contribution in [-0.4, -0.2) is 6.29 Å². The minimum absolute atomic E-state index is 0.00650. The molecule has 0 amide bonds. The summed E-state index contributed by atoms with van der Waals surface area (Å²) in [6.45, 7) is 0.248. The number of rotatable bonds is 4. The first-order chi connectivity index (χ1) is 8.20. The van der Waals surface area contributed by atoms with Gasteiger partial charge in [-0.05, 0) is 40.2 Å². The second-order valence-corrected chi connectivity index (χ2v) is 5.82. The number of thiophene rings is 1. The zero-order chi connectivity index (χ0) is 12.3. The molecule has 0 fully saturated rings. The zero-order valence-electron chi connectivity index (χ0n) is 8.65. The van der Waals surface area contributed by atoms with Gasteiger partial charge in [0.15, 0.2) is 17.9 Å². The third kappa shape index (κ3) is 2.92. The number of aldehydes is 1. The van der Waals surface area contributed by atoms with E-state index in [0.717, 1.165) is 8.66 Å². The lowest BCUT2D eigenvalue weighted by Crippen LogP contribution is -1.99. The van der Waals surface area contributed by atoms with Crippen LogP contribution in [0.2, 0.25) is 0 Å². The number of hydrogen-bond donors (Lipinski definition) is 0. The van der Waals surface area contributed by atoms with Gasteiger partial charge in [-0.3, -0.25) is 4.79 Å². The molecule has 0 radical (unpaired) electrons. The Kier molecular flexibility index (Phi) is 3.91. The predicted octanol–water partition coefficient (Wildman–Crippen LogP) is 4.04. The Morgan fingerprint density at radius 3 is 2.82 bits per heavy atom. The smallest absolute Gasteiger partial charge is 0.165 e. The van der Waals surface area contributed by atoms with Gasteiger partial charge in [0.1, 0.15) is 6.61 Å². The van der Waals surface area contributed by atoms with E-state index >= 15 is 0 Å². The Hall–Kier alpha value is -1.20. The normalized spacial score (nSPS) is 10.2. The topological polar surface area (TPSA) is 26.3 Å². The van der Waals surface area contributed by atoms with Crippen LogP contribution in [0.15, 0.2) is 34.1 Å². The van der Waals surface area contributed by atoms with Crippen LogP contribution in [0.4, 0.5) is 4.39 Å². The molecule has 0 aliphatic rings. The summed E-state index contributed by atoms with van der Waals surface area (Å²) in [6, 6.07) is 8.05. The van der Waals surface area contributed by atoms with Gasteiger partial charge in [-0.2, -0.15) is 0 Å². The summed E-state index contributed by atoms with van der Waals surface area (Å²) < 4.78 is 19.8. The molecule has 2 aromatic rings. The molecule has 0 bridgehead atoms. The van der Waals surface area contributed by atoms with E-state index in [1.807, 2.05) is 12.1 Å². The van der Waals surface area contributed by atoms with Crippen molar-refractivity contribution in [3.8, 4) is 5.75 Å². The highest BCUT2D eigenvalue weighted by atomic mass is 79.9. The van der Waals surface area contributed by atoms with Crippen LogP contribution in [0, 0.1) is 5.82 Å². The first kappa shape index (κ1) is 12.3. The number of hydrogen-bond acceptors (Lipinski definition) is 3. The SMILES string of the molecule is O=Cc1cccc(F)c1OCc1ccc(Br)s1. The maximum Gasteiger partial charge on any atom is 0.165 e. The van der Waals surface area contributed by atoms with Crippen molar-refractivity contribution in [3.05, 3.63) is 50.4 Å². The molecule has 1 heterocycles. The summed E-state index contributed by atoms with van der Waals surface area (Å²) >= 11 is 4.84. The highest BCUT2D eigenvalue weighted by Gasteiger charge is 2.09. The minimum Gasteiger partial charge on any atom is -0.484 e. The molecule has 0 saturated heterocycles. The fourth-order valence-electron chi connectivity index (χ4n) is 1.34. The van der Waals surface area contributed by atoms with E-state index in [0.29, 0.717) is 6.29 Å². The molecule has 0 aliphatic heterocycles. The molecule has 0 unspecified atom stereocenters. The van der Waals surface area contributed by atoms with Crippen molar-refractivity contribution in [1.82, 2.24) is 0 Å². The lowest BCUT2D eigenvalue weighted by atomic mass is 10.2. The summed E-state index contributed by atoms with van der Waals surface area (Å²) in [7, 11) is 0. The maximum atomic E-state index is 13.5. The first-order valence-corrected chi connectivity index (χ1v) is 6.42. The van der Waals surface area contributed by atoms with Crippen LogP contribution in [0.25, 0.3) is 0 Å². The first-order valence-electron chi connectivity index (χ1n) is 4.81. The summed E-state index contributed by atoms with van der Waals surface area (Å²) in [4.78, 5) is 11.7. The quantitative estimate of drug-likeness (QED) is 0.796. The monoisotopic (exact) mass is 314 g/mol. The largest absolute Gasteiger partial charge is 0.484 e. The third-order valence-electron chi connectivity index (χ3n) is 2.11. The molecule has 2 rings (SSSR count). The molecule has 5 heteroatoms. The van der Waals surface area contributed by atoms with Crippen molar-refractivity contribution < 1.29 is 13.9 Å². The van der Waals surface area contributed by atoms with Crippen molar-refractivity contribution in [2.45, 2.75) is 6.61 Å². The van der Waals surface area contributed by atoms with E-state index in [4.69, 9.17) is 4.74 Å². The number of benzene rings is 1. The van der Waals surface area contributed by atoms with Gasteiger partial charge in [-0.25, -0.2) is 4.39 Å². The molecular weight excluding hydrogens is 307 g/mol. The number of carbonyl (C=O) groups excluding carboxylic acids is 1. The van der Waals surface area contributed by atoms with Gasteiger partial charge < -0.3 is 4.74 Å². The van der Waals surface area contributed by atoms with Crippen LogP contribution >= 0.6 is 27.3 Å². The molecule has 88 valence electrons. The second-order valence-electron chi connectivity index (χ2n) is 3.27. The Morgan fingerprint density at radius 1 is 1.35 bits per heavy atom. The van der Waals surface area contributed by atoms with Crippen LogP contribution < -0.4 is 4.74 Å². The van der Waals surface area contributed by atoms with E-state index < -0.39 is 5.82 Å². The number of carbonyl (C=O) groups is 1. The van der Waals surface area contributed by atoms with Crippen molar-refractivity contribution in [3.63, 3.8) is 0 Å². The van der Waals surface area contributed by atoms with Gasteiger partial charge in [0.05, 0.1) is 9.35 Å². The van der Waals surface area contributed by atoms with E-state index in [9.17, 15) is 9.18 Å². The summed E-state index contributed by atoms with van der Waals surface area (Å²) in [5.41, 5.74) is 0.223. The highest BCUT2D eigenvalue weighted by Crippen LogP contribution is 2.26. The van der Waals surface area contributed by atoms with Gasteiger partial charge in [0.2, 0.25) is 0 Å². The average molecular weight is 315 g/mol. The van der Waals surface area contributed by atoms with Crippen LogP contribution in [0.3, 0.4) is 0 Å².